The zero-order valence-electron chi connectivity index (χ0n) is 19.6. The highest BCUT2D eigenvalue weighted by Crippen LogP contribution is 2.56. The minimum atomic E-state index is -4.18. The molecule has 0 radical (unpaired) electrons. The molecule has 0 bridgehead atoms. The predicted octanol–water partition coefficient (Wildman–Crippen LogP) is 4.75. The van der Waals surface area contributed by atoms with Gasteiger partial charge < -0.3 is 4.90 Å². The van der Waals surface area contributed by atoms with Crippen LogP contribution in [0, 0.1) is 12.8 Å². The van der Waals surface area contributed by atoms with Crippen molar-refractivity contribution in [1.82, 2.24) is 14.5 Å². The molecular formula is C27H25F4N3O2. The molecule has 2 heterocycles. The number of amides is 1. The number of fused-ring (bicyclic) bond motifs is 1. The topological polar surface area (TPSA) is 55.2 Å². The Morgan fingerprint density at radius 3 is 2.14 bits per heavy atom. The highest BCUT2D eigenvalue weighted by Gasteiger charge is 2.71. The monoisotopic (exact) mass is 499 g/mol. The molecule has 3 aromatic rings. The molecule has 1 saturated carbocycles. The van der Waals surface area contributed by atoms with Crippen LogP contribution in [0.25, 0.3) is 0 Å². The number of rotatable bonds is 5. The van der Waals surface area contributed by atoms with E-state index in [1.807, 2.05) is 60.7 Å². The Morgan fingerprint density at radius 2 is 1.61 bits per heavy atom. The lowest BCUT2D eigenvalue weighted by Gasteiger charge is -2.44. The van der Waals surface area contributed by atoms with Gasteiger partial charge in [-0.05, 0) is 24.5 Å². The highest BCUT2D eigenvalue weighted by molar-refractivity contribution is 5.77. The first-order chi connectivity index (χ1) is 17.1. The maximum absolute atomic E-state index is 13.7. The fourth-order valence-electron chi connectivity index (χ4n) is 5.18. The normalized spacial score (nSPS) is 20.1. The van der Waals surface area contributed by atoms with Gasteiger partial charge in [-0.25, -0.2) is 4.98 Å². The lowest BCUT2D eigenvalue weighted by atomic mass is 9.74. The Balaban J connectivity index is 1.44. The van der Waals surface area contributed by atoms with Crippen LogP contribution in [0.2, 0.25) is 0 Å². The number of halogens is 4. The van der Waals surface area contributed by atoms with E-state index in [1.54, 1.807) is 11.5 Å². The molecule has 2 aromatic carbocycles. The van der Waals surface area contributed by atoms with E-state index in [9.17, 15) is 27.2 Å². The van der Waals surface area contributed by atoms with Gasteiger partial charge in [-0.2, -0.15) is 17.6 Å². The quantitative estimate of drug-likeness (QED) is 0.476. The van der Waals surface area contributed by atoms with Gasteiger partial charge in [-0.3, -0.25) is 14.2 Å². The average Bonchev–Trinajstić information content (AvgIpc) is 2.86. The Hall–Kier alpha value is -3.49. The molecule has 9 heteroatoms. The molecule has 1 aliphatic carbocycles. The van der Waals surface area contributed by atoms with Gasteiger partial charge in [0, 0.05) is 30.9 Å². The molecule has 1 amide bonds. The fraction of sp³-hybridized carbons (Fsp3) is 0.370. The molecule has 1 fully saturated rings. The van der Waals surface area contributed by atoms with E-state index in [0.717, 1.165) is 11.1 Å². The van der Waals surface area contributed by atoms with Crippen molar-refractivity contribution < 1.29 is 22.4 Å². The number of benzene rings is 2. The smallest absolute Gasteiger partial charge is 0.313 e. The van der Waals surface area contributed by atoms with Crippen molar-refractivity contribution in [3.05, 3.63) is 99.2 Å². The van der Waals surface area contributed by atoms with Gasteiger partial charge in [-0.15, -0.1) is 0 Å². The van der Waals surface area contributed by atoms with Gasteiger partial charge in [0.1, 0.15) is 5.82 Å². The van der Waals surface area contributed by atoms with E-state index in [1.165, 1.54) is 4.90 Å². The van der Waals surface area contributed by atoms with Crippen LogP contribution in [-0.2, 0) is 17.8 Å². The lowest BCUT2D eigenvalue weighted by molar-refractivity contribution is -0.313. The van der Waals surface area contributed by atoms with Crippen LogP contribution in [0.4, 0.5) is 17.6 Å². The average molecular weight is 500 g/mol. The third-order valence-electron chi connectivity index (χ3n) is 7.21. The molecule has 1 aromatic heterocycles. The molecule has 5 nitrogen and oxygen atoms in total. The van der Waals surface area contributed by atoms with Crippen molar-refractivity contribution in [3.8, 4) is 0 Å². The Morgan fingerprint density at radius 1 is 1.03 bits per heavy atom. The summed E-state index contributed by atoms with van der Waals surface area (Å²) in [6, 6.07) is 18.8. The first-order valence-electron chi connectivity index (χ1n) is 11.8. The summed E-state index contributed by atoms with van der Waals surface area (Å²) in [7, 11) is 0. The number of alkyl halides is 4. The number of hydrogen-bond acceptors (Lipinski definition) is 3. The lowest BCUT2D eigenvalue weighted by Crippen LogP contribution is -2.59. The molecule has 1 atom stereocenters. The van der Waals surface area contributed by atoms with Gasteiger partial charge in [0.05, 0.1) is 18.3 Å². The zero-order chi connectivity index (χ0) is 25.7. The van der Waals surface area contributed by atoms with Crippen molar-refractivity contribution in [1.29, 1.82) is 0 Å². The molecule has 1 aliphatic heterocycles. The maximum Gasteiger partial charge on any atom is 0.313 e. The molecule has 2 aliphatic rings. The van der Waals surface area contributed by atoms with Crippen LogP contribution in [-0.4, -0.2) is 38.7 Å². The van der Waals surface area contributed by atoms with Crippen molar-refractivity contribution in [3.63, 3.8) is 0 Å². The van der Waals surface area contributed by atoms with Crippen LogP contribution in [0.3, 0.4) is 0 Å². The Labute approximate surface area is 205 Å². The zero-order valence-corrected chi connectivity index (χ0v) is 19.6. The van der Waals surface area contributed by atoms with Crippen molar-refractivity contribution >= 4 is 5.91 Å². The summed E-state index contributed by atoms with van der Waals surface area (Å²) in [5.41, 5.74) is 2.51. The summed E-state index contributed by atoms with van der Waals surface area (Å²) < 4.78 is 55.3. The first kappa shape index (κ1) is 24.2. The molecule has 1 unspecified atom stereocenters. The van der Waals surface area contributed by atoms with Gasteiger partial charge in [0.15, 0.2) is 0 Å². The second-order valence-corrected chi connectivity index (χ2v) is 9.48. The molecular weight excluding hydrogens is 474 g/mol. The van der Waals surface area contributed by atoms with Crippen LogP contribution in [0.1, 0.15) is 47.1 Å². The molecule has 188 valence electrons. The van der Waals surface area contributed by atoms with Crippen LogP contribution in [0.5, 0.6) is 0 Å². The molecule has 36 heavy (non-hydrogen) atoms. The van der Waals surface area contributed by atoms with E-state index in [-0.39, 0.29) is 25.1 Å². The summed E-state index contributed by atoms with van der Waals surface area (Å²) in [4.78, 5) is 32.4. The number of nitrogens with zero attached hydrogens (tertiary/aromatic N) is 3. The molecule has 0 saturated heterocycles. The Bertz CT molecular complexity index is 1300. The van der Waals surface area contributed by atoms with Crippen molar-refractivity contribution in [2.45, 2.75) is 50.6 Å². The van der Waals surface area contributed by atoms with E-state index in [4.69, 9.17) is 0 Å². The summed E-state index contributed by atoms with van der Waals surface area (Å²) in [5, 5.41) is 0. The third kappa shape index (κ3) is 4.00. The minimum Gasteiger partial charge on any atom is -0.336 e. The van der Waals surface area contributed by atoms with E-state index in [0.29, 0.717) is 17.1 Å². The maximum atomic E-state index is 13.7. The Kier molecular flexibility index (Phi) is 5.97. The fourth-order valence-corrected chi connectivity index (χ4v) is 5.18. The second kappa shape index (κ2) is 8.87. The number of aryl methyl sites for hydroxylation is 1. The van der Waals surface area contributed by atoms with Gasteiger partial charge >= 0.3 is 11.8 Å². The minimum absolute atomic E-state index is 0.0128. The molecule has 5 rings (SSSR count). The summed E-state index contributed by atoms with van der Waals surface area (Å²) >= 11 is 0. The van der Waals surface area contributed by atoms with Gasteiger partial charge in [-0.1, -0.05) is 60.7 Å². The summed E-state index contributed by atoms with van der Waals surface area (Å²) in [6.45, 7) is 1.85. The third-order valence-corrected chi connectivity index (χ3v) is 7.21. The molecule has 0 spiro atoms. The van der Waals surface area contributed by atoms with Gasteiger partial charge in [0.25, 0.3) is 5.56 Å². The summed E-state index contributed by atoms with van der Waals surface area (Å²) in [6.07, 6.45) is -1.45. The standard InChI is InChI=1S/C27H25F4N3O2/c1-17-32-22-16-33(23(35)14-20-15-26(28,29)27(20,30)31)13-12-21(22)25(36)34(17)24(18-8-4-2-5-9-18)19-10-6-3-7-11-19/h2-11,20,24H,12-16H2,1H3. The van der Waals surface area contributed by atoms with Crippen molar-refractivity contribution in [2.24, 2.45) is 5.92 Å². The number of aromatic nitrogens is 2. The number of carbonyl (C=O) groups is 1. The van der Waals surface area contributed by atoms with Crippen LogP contribution >= 0.6 is 0 Å². The number of carbonyl (C=O) groups excluding carboxylic acids is 1. The first-order valence-corrected chi connectivity index (χ1v) is 11.8. The van der Waals surface area contributed by atoms with E-state index >= 15 is 0 Å². The number of hydrogen-bond donors (Lipinski definition) is 0. The van der Waals surface area contributed by atoms with Crippen molar-refractivity contribution in [2.75, 3.05) is 6.54 Å². The predicted molar refractivity (Wildman–Crippen MR) is 125 cm³/mol. The van der Waals surface area contributed by atoms with Crippen LogP contribution in [0.15, 0.2) is 65.5 Å². The highest BCUT2D eigenvalue weighted by atomic mass is 19.3. The SMILES string of the molecule is Cc1nc2c(c(=O)n1C(c1ccccc1)c1ccccc1)CCN(C(=O)CC1CC(F)(F)C1(F)F)C2. The largest absolute Gasteiger partial charge is 0.336 e. The summed E-state index contributed by atoms with van der Waals surface area (Å²) in [5.74, 6) is -10.1. The van der Waals surface area contributed by atoms with E-state index < -0.39 is 42.6 Å². The van der Waals surface area contributed by atoms with E-state index in [2.05, 4.69) is 4.98 Å². The van der Waals surface area contributed by atoms with Gasteiger partial charge in [0.2, 0.25) is 5.91 Å². The molecule has 0 N–H and O–H groups in total. The second-order valence-electron chi connectivity index (χ2n) is 9.48. The van der Waals surface area contributed by atoms with Crippen LogP contribution < -0.4 is 5.56 Å².